The van der Waals surface area contributed by atoms with Gasteiger partial charge in [-0.2, -0.15) is 4.98 Å². The fourth-order valence-corrected chi connectivity index (χ4v) is 3.57. The number of piperazine rings is 1. The summed E-state index contributed by atoms with van der Waals surface area (Å²) in [6.45, 7) is 3.10. The van der Waals surface area contributed by atoms with Crippen molar-refractivity contribution < 1.29 is 9.18 Å². The van der Waals surface area contributed by atoms with E-state index in [1.54, 1.807) is 18.2 Å². The molecule has 1 aliphatic heterocycles. The molecule has 0 unspecified atom stereocenters. The number of carbonyl (C=O) groups excluding carboxylic acids is 1. The van der Waals surface area contributed by atoms with E-state index in [-0.39, 0.29) is 23.7 Å². The molecule has 0 spiro atoms. The summed E-state index contributed by atoms with van der Waals surface area (Å²) >= 11 is 5.96. The zero-order chi connectivity index (χ0) is 21.8. The molecule has 0 radical (unpaired) electrons. The van der Waals surface area contributed by atoms with E-state index in [1.807, 2.05) is 29.2 Å². The van der Waals surface area contributed by atoms with Crippen molar-refractivity contribution in [2.45, 2.75) is 6.54 Å². The Morgan fingerprint density at radius 2 is 1.74 bits per heavy atom. The second-order valence-corrected chi connectivity index (χ2v) is 7.63. The van der Waals surface area contributed by atoms with E-state index in [2.05, 4.69) is 20.2 Å². The molecule has 1 fully saturated rings. The SMILES string of the molecule is Nc1nc(N2CCN(c3ccc(Cl)cc3)CC2)ncc1C(=O)NCc1ccccc1F. The minimum Gasteiger partial charge on any atom is -0.383 e. The van der Waals surface area contributed by atoms with Gasteiger partial charge < -0.3 is 20.9 Å². The number of nitrogens with two attached hydrogens (primary N) is 1. The van der Waals surface area contributed by atoms with E-state index in [1.165, 1.54) is 12.3 Å². The van der Waals surface area contributed by atoms with E-state index in [0.29, 0.717) is 16.5 Å². The van der Waals surface area contributed by atoms with Gasteiger partial charge in [0.1, 0.15) is 11.6 Å². The molecule has 0 aliphatic carbocycles. The molecule has 1 aromatic heterocycles. The molecule has 31 heavy (non-hydrogen) atoms. The first-order valence-electron chi connectivity index (χ1n) is 9.91. The van der Waals surface area contributed by atoms with Crippen LogP contribution in [0.4, 0.5) is 21.8 Å². The van der Waals surface area contributed by atoms with Crippen molar-refractivity contribution in [1.29, 1.82) is 0 Å². The Balaban J connectivity index is 1.37. The van der Waals surface area contributed by atoms with Gasteiger partial charge in [0.25, 0.3) is 5.91 Å². The molecular weight excluding hydrogens is 419 g/mol. The van der Waals surface area contributed by atoms with Crippen molar-refractivity contribution in [2.24, 2.45) is 0 Å². The van der Waals surface area contributed by atoms with Crippen molar-refractivity contribution in [1.82, 2.24) is 15.3 Å². The van der Waals surface area contributed by atoms with Crippen molar-refractivity contribution in [2.75, 3.05) is 41.7 Å². The van der Waals surface area contributed by atoms with E-state index in [0.717, 1.165) is 31.9 Å². The first kappa shape index (κ1) is 20.9. The molecule has 1 saturated heterocycles. The van der Waals surface area contributed by atoms with Crippen molar-refractivity contribution >= 4 is 35.0 Å². The van der Waals surface area contributed by atoms with Crippen LogP contribution in [0.3, 0.4) is 0 Å². The lowest BCUT2D eigenvalue weighted by Crippen LogP contribution is -2.47. The molecule has 1 amide bonds. The van der Waals surface area contributed by atoms with Crippen LogP contribution in [0, 0.1) is 5.82 Å². The maximum absolute atomic E-state index is 13.7. The van der Waals surface area contributed by atoms with Gasteiger partial charge in [-0.05, 0) is 30.3 Å². The Morgan fingerprint density at radius 1 is 1.06 bits per heavy atom. The third-order valence-electron chi connectivity index (χ3n) is 5.20. The number of halogens is 2. The van der Waals surface area contributed by atoms with Crippen LogP contribution in [0.2, 0.25) is 5.02 Å². The smallest absolute Gasteiger partial charge is 0.256 e. The summed E-state index contributed by atoms with van der Waals surface area (Å²) in [5.74, 6) is -0.241. The number of rotatable bonds is 5. The minimum absolute atomic E-state index is 0.0549. The van der Waals surface area contributed by atoms with Crippen molar-refractivity contribution in [3.63, 3.8) is 0 Å². The lowest BCUT2D eigenvalue weighted by atomic mass is 10.2. The van der Waals surface area contributed by atoms with Gasteiger partial charge >= 0.3 is 0 Å². The number of benzene rings is 2. The third kappa shape index (κ3) is 4.86. The largest absolute Gasteiger partial charge is 0.383 e. The third-order valence-corrected chi connectivity index (χ3v) is 5.45. The Bertz CT molecular complexity index is 1070. The summed E-state index contributed by atoms with van der Waals surface area (Å²) < 4.78 is 13.7. The van der Waals surface area contributed by atoms with E-state index in [9.17, 15) is 9.18 Å². The van der Waals surface area contributed by atoms with Crippen LogP contribution in [-0.4, -0.2) is 42.1 Å². The standard InChI is InChI=1S/C22H22ClFN6O/c23-16-5-7-17(8-6-16)29-9-11-30(12-10-29)22-27-14-18(20(25)28-22)21(31)26-13-15-3-1-2-4-19(15)24/h1-8,14H,9-13H2,(H,26,31)(H2,25,27,28). The molecular formula is C22H22ClFN6O. The number of anilines is 3. The van der Waals surface area contributed by atoms with Gasteiger partial charge in [-0.15, -0.1) is 0 Å². The number of nitrogens with one attached hydrogen (secondary N) is 1. The van der Waals surface area contributed by atoms with Crippen molar-refractivity contribution in [3.05, 3.63) is 76.7 Å². The summed E-state index contributed by atoms with van der Waals surface area (Å²) in [6.07, 6.45) is 1.42. The average Bonchev–Trinajstić information content (AvgIpc) is 2.79. The lowest BCUT2D eigenvalue weighted by molar-refractivity contribution is 0.0951. The molecule has 7 nitrogen and oxygen atoms in total. The Hall–Kier alpha value is -3.39. The van der Waals surface area contributed by atoms with Gasteiger partial charge in [0.15, 0.2) is 0 Å². The number of hydrogen-bond acceptors (Lipinski definition) is 6. The monoisotopic (exact) mass is 440 g/mol. The predicted molar refractivity (Wildman–Crippen MR) is 120 cm³/mol. The van der Waals surface area contributed by atoms with E-state index in [4.69, 9.17) is 17.3 Å². The molecule has 9 heteroatoms. The normalized spacial score (nSPS) is 13.9. The molecule has 0 saturated carbocycles. The second kappa shape index (κ2) is 9.18. The molecule has 160 valence electrons. The van der Waals surface area contributed by atoms with Gasteiger partial charge in [-0.25, -0.2) is 9.37 Å². The highest BCUT2D eigenvalue weighted by Crippen LogP contribution is 2.21. The molecule has 2 heterocycles. The second-order valence-electron chi connectivity index (χ2n) is 7.19. The van der Waals surface area contributed by atoms with E-state index >= 15 is 0 Å². The highest BCUT2D eigenvalue weighted by Gasteiger charge is 2.21. The number of amides is 1. The quantitative estimate of drug-likeness (QED) is 0.634. The maximum atomic E-state index is 13.7. The zero-order valence-corrected chi connectivity index (χ0v) is 17.5. The number of aromatic nitrogens is 2. The highest BCUT2D eigenvalue weighted by atomic mass is 35.5. The Morgan fingerprint density at radius 3 is 2.42 bits per heavy atom. The minimum atomic E-state index is -0.445. The van der Waals surface area contributed by atoms with Gasteiger partial charge in [-0.3, -0.25) is 4.79 Å². The maximum Gasteiger partial charge on any atom is 0.256 e. The topological polar surface area (TPSA) is 87.4 Å². The number of nitrogens with zero attached hydrogens (tertiary/aromatic N) is 4. The fraction of sp³-hybridized carbons (Fsp3) is 0.227. The molecule has 2 aromatic carbocycles. The Kier molecular flexibility index (Phi) is 6.18. The van der Waals surface area contributed by atoms with Crippen LogP contribution >= 0.6 is 11.6 Å². The van der Waals surface area contributed by atoms with Gasteiger partial charge in [0.05, 0.1) is 5.56 Å². The summed E-state index contributed by atoms with van der Waals surface area (Å²) in [5.41, 5.74) is 7.70. The molecule has 0 atom stereocenters. The number of carbonyl (C=O) groups is 1. The van der Waals surface area contributed by atoms with Gasteiger partial charge in [0.2, 0.25) is 5.95 Å². The van der Waals surface area contributed by atoms with Crippen LogP contribution in [0.5, 0.6) is 0 Å². The van der Waals surface area contributed by atoms with Gasteiger partial charge in [0, 0.05) is 55.2 Å². The Labute approximate surface area is 184 Å². The van der Waals surface area contributed by atoms with Gasteiger partial charge in [-0.1, -0.05) is 29.8 Å². The summed E-state index contributed by atoms with van der Waals surface area (Å²) in [5, 5.41) is 3.37. The highest BCUT2D eigenvalue weighted by molar-refractivity contribution is 6.30. The predicted octanol–water partition coefficient (Wildman–Crippen LogP) is 3.11. The van der Waals surface area contributed by atoms with Crippen LogP contribution in [0.1, 0.15) is 15.9 Å². The lowest BCUT2D eigenvalue weighted by Gasteiger charge is -2.36. The van der Waals surface area contributed by atoms with Crippen LogP contribution in [0.25, 0.3) is 0 Å². The first-order chi connectivity index (χ1) is 15.0. The zero-order valence-electron chi connectivity index (χ0n) is 16.8. The van der Waals surface area contributed by atoms with Crippen LogP contribution in [0.15, 0.2) is 54.7 Å². The molecule has 3 aromatic rings. The first-order valence-corrected chi connectivity index (χ1v) is 10.3. The van der Waals surface area contributed by atoms with Crippen LogP contribution < -0.4 is 20.9 Å². The average molecular weight is 441 g/mol. The van der Waals surface area contributed by atoms with Crippen molar-refractivity contribution in [3.8, 4) is 0 Å². The van der Waals surface area contributed by atoms with E-state index < -0.39 is 5.91 Å². The number of hydrogen-bond donors (Lipinski definition) is 2. The number of nitrogen functional groups attached to an aromatic ring is 1. The summed E-state index contributed by atoms with van der Waals surface area (Å²) in [7, 11) is 0. The summed E-state index contributed by atoms with van der Waals surface area (Å²) in [6, 6.07) is 14.0. The molecule has 3 N–H and O–H groups in total. The molecule has 4 rings (SSSR count). The van der Waals surface area contributed by atoms with Crippen LogP contribution in [-0.2, 0) is 6.54 Å². The fourth-order valence-electron chi connectivity index (χ4n) is 3.44. The molecule has 1 aliphatic rings. The summed E-state index contributed by atoms with van der Waals surface area (Å²) in [4.78, 5) is 25.4. The molecule has 0 bridgehead atoms.